The average molecular weight is 384 g/mol. The molecule has 0 fully saturated rings. The molecule has 0 amide bonds. The van der Waals surface area contributed by atoms with Gasteiger partial charge < -0.3 is 14.5 Å². The van der Waals surface area contributed by atoms with E-state index < -0.39 is 5.97 Å². The zero-order valence-electron chi connectivity index (χ0n) is 15.4. The summed E-state index contributed by atoms with van der Waals surface area (Å²) >= 11 is 1.46. The van der Waals surface area contributed by atoms with E-state index in [4.69, 9.17) is 9.47 Å². The largest absolute Gasteiger partial charge is 0.493 e. The van der Waals surface area contributed by atoms with Crippen LogP contribution in [0.1, 0.15) is 28.8 Å². The van der Waals surface area contributed by atoms with Gasteiger partial charge in [0.15, 0.2) is 0 Å². The van der Waals surface area contributed by atoms with Crippen LogP contribution in [0.4, 0.5) is 0 Å². The zero-order valence-corrected chi connectivity index (χ0v) is 16.2. The van der Waals surface area contributed by atoms with Crippen LogP contribution >= 0.6 is 11.3 Å². The predicted molar refractivity (Wildman–Crippen MR) is 106 cm³/mol. The maximum absolute atomic E-state index is 12.2. The number of rotatable bonds is 6. The number of ether oxygens (including phenoxy) is 2. The minimum absolute atomic E-state index is 0.0997. The molecule has 0 bridgehead atoms. The Kier molecular flexibility index (Phi) is 5.71. The fraction of sp³-hybridized carbons (Fsp3) is 0.250. The van der Waals surface area contributed by atoms with Crippen LogP contribution in [0.15, 0.2) is 35.1 Å². The number of aromatic nitrogens is 2. The number of thiophene rings is 1. The van der Waals surface area contributed by atoms with E-state index in [9.17, 15) is 9.59 Å². The molecule has 7 heteroatoms. The summed E-state index contributed by atoms with van der Waals surface area (Å²) in [5.74, 6) is 0.497. The smallest absolute Gasteiger partial charge is 0.331 e. The maximum atomic E-state index is 12.2. The molecule has 0 saturated carbocycles. The summed E-state index contributed by atoms with van der Waals surface area (Å²) in [6.07, 6.45) is 2.96. The van der Waals surface area contributed by atoms with Gasteiger partial charge in [0, 0.05) is 16.5 Å². The SMILES string of the molecule is CCOc1ccccc1/C=C/C(=O)OCc1nc2sc(C)c(C)c2c(=O)[nH]1. The normalized spacial score (nSPS) is 11.2. The van der Waals surface area contributed by atoms with Gasteiger partial charge >= 0.3 is 5.97 Å². The van der Waals surface area contributed by atoms with Crippen LogP contribution in [-0.2, 0) is 16.1 Å². The van der Waals surface area contributed by atoms with Crippen LogP contribution < -0.4 is 10.3 Å². The lowest BCUT2D eigenvalue weighted by Crippen LogP contribution is -2.13. The fourth-order valence-electron chi connectivity index (χ4n) is 2.62. The first-order valence-corrected chi connectivity index (χ1v) is 9.36. The van der Waals surface area contributed by atoms with Gasteiger partial charge in [-0.1, -0.05) is 18.2 Å². The summed E-state index contributed by atoms with van der Waals surface area (Å²) in [4.78, 5) is 33.0. The molecule has 0 aliphatic heterocycles. The maximum Gasteiger partial charge on any atom is 0.331 e. The highest BCUT2D eigenvalue weighted by molar-refractivity contribution is 7.18. The van der Waals surface area contributed by atoms with Crippen molar-refractivity contribution in [3.05, 3.63) is 62.5 Å². The third kappa shape index (κ3) is 4.25. The third-order valence-electron chi connectivity index (χ3n) is 4.06. The molecule has 0 aliphatic rings. The number of H-pyrrole nitrogens is 1. The van der Waals surface area contributed by atoms with Crippen molar-refractivity contribution in [3.63, 3.8) is 0 Å². The van der Waals surface area contributed by atoms with E-state index in [1.165, 1.54) is 17.4 Å². The lowest BCUT2D eigenvalue weighted by molar-refractivity contribution is -0.139. The second kappa shape index (κ2) is 8.18. The molecule has 140 valence electrons. The number of aromatic amines is 1. The molecule has 0 radical (unpaired) electrons. The van der Waals surface area contributed by atoms with Gasteiger partial charge in [-0.3, -0.25) is 4.79 Å². The van der Waals surface area contributed by atoms with Crippen LogP contribution in [0.25, 0.3) is 16.3 Å². The molecule has 0 unspecified atom stereocenters. The highest BCUT2D eigenvalue weighted by atomic mass is 32.1. The summed E-state index contributed by atoms with van der Waals surface area (Å²) in [6.45, 7) is 6.19. The zero-order chi connectivity index (χ0) is 19.4. The molecule has 0 spiro atoms. The number of benzene rings is 1. The van der Waals surface area contributed by atoms with Crippen molar-refractivity contribution in [1.82, 2.24) is 9.97 Å². The molecular weight excluding hydrogens is 364 g/mol. The Labute approximate surface area is 160 Å². The predicted octanol–water partition coefficient (Wildman–Crippen LogP) is 3.76. The summed E-state index contributed by atoms with van der Waals surface area (Å²) in [6, 6.07) is 7.42. The van der Waals surface area contributed by atoms with Gasteiger partial charge in [0.1, 0.15) is 23.0 Å². The van der Waals surface area contributed by atoms with E-state index in [0.29, 0.717) is 28.4 Å². The lowest BCUT2D eigenvalue weighted by atomic mass is 10.2. The first-order valence-electron chi connectivity index (χ1n) is 8.55. The van der Waals surface area contributed by atoms with Crippen molar-refractivity contribution in [2.24, 2.45) is 0 Å². The average Bonchev–Trinajstić information content (AvgIpc) is 2.94. The Hall–Kier alpha value is -2.93. The van der Waals surface area contributed by atoms with E-state index >= 15 is 0 Å². The molecule has 0 atom stereocenters. The molecule has 27 heavy (non-hydrogen) atoms. The molecule has 1 aromatic carbocycles. The monoisotopic (exact) mass is 384 g/mol. The van der Waals surface area contributed by atoms with Gasteiger partial charge in [-0.05, 0) is 38.5 Å². The van der Waals surface area contributed by atoms with Gasteiger partial charge in [0.25, 0.3) is 5.56 Å². The fourth-order valence-corrected chi connectivity index (χ4v) is 3.67. The topological polar surface area (TPSA) is 81.3 Å². The van der Waals surface area contributed by atoms with Gasteiger partial charge in [0.05, 0.1) is 12.0 Å². The summed E-state index contributed by atoms with van der Waals surface area (Å²) < 4.78 is 10.7. The number of hydrogen-bond donors (Lipinski definition) is 1. The molecule has 2 heterocycles. The van der Waals surface area contributed by atoms with Crippen LogP contribution in [-0.4, -0.2) is 22.5 Å². The Balaban J connectivity index is 1.69. The van der Waals surface area contributed by atoms with Crippen molar-refractivity contribution < 1.29 is 14.3 Å². The molecule has 3 rings (SSSR count). The Morgan fingerprint density at radius 3 is 2.85 bits per heavy atom. The number of esters is 1. The van der Waals surface area contributed by atoms with E-state index in [-0.39, 0.29) is 12.2 Å². The summed E-state index contributed by atoms with van der Waals surface area (Å²) in [7, 11) is 0. The Morgan fingerprint density at radius 1 is 1.30 bits per heavy atom. The highest BCUT2D eigenvalue weighted by Gasteiger charge is 2.12. The summed E-state index contributed by atoms with van der Waals surface area (Å²) in [5, 5.41) is 0.597. The van der Waals surface area contributed by atoms with Crippen LogP contribution in [0.2, 0.25) is 0 Å². The van der Waals surface area contributed by atoms with E-state index in [2.05, 4.69) is 9.97 Å². The van der Waals surface area contributed by atoms with Crippen LogP contribution in [0, 0.1) is 13.8 Å². The Bertz CT molecular complexity index is 1070. The molecule has 6 nitrogen and oxygen atoms in total. The first kappa shape index (κ1) is 18.8. The quantitative estimate of drug-likeness (QED) is 0.517. The minimum atomic E-state index is -0.525. The second-order valence-electron chi connectivity index (χ2n) is 5.89. The van der Waals surface area contributed by atoms with Crippen molar-refractivity contribution in [2.45, 2.75) is 27.4 Å². The Morgan fingerprint density at radius 2 is 2.07 bits per heavy atom. The molecule has 3 aromatic rings. The highest BCUT2D eigenvalue weighted by Crippen LogP contribution is 2.25. The van der Waals surface area contributed by atoms with Gasteiger partial charge in [-0.2, -0.15) is 0 Å². The van der Waals surface area contributed by atoms with Gasteiger partial charge in [-0.15, -0.1) is 11.3 Å². The number of nitrogens with one attached hydrogen (secondary N) is 1. The van der Waals surface area contributed by atoms with E-state index in [0.717, 1.165) is 16.0 Å². The molecule has 0 aliphatic carbocycles. The number of carbonyl (C=O) groups is 1. The van der Waals surface area contributed by atoms with E-state index in [1.54, 1.807) is 6.08 Å². The van der Waals surface area contributed by atoms with Crippen molar-refractivity contribution in [1.29, 1.82) is 0 Å². The van der Waals surface area contributed by atoms with Gasteiger partial charge in [0.2, 0.25) is 0 Å². The molecule has 1 N–H and O–H groups in total. The molecule has 2 aromatic heterocycles. The van der Waals surface area contributed by atoms with Crippen molar-refractivity contribution in [2.75, 3.05) is 6.61 Å². The number of para-hydroxylation sites is 1. The minimum Gasteiger partial charge on any atom is -0.493 e. The number of fused-ring (bicyclic) bond motifs is 1. The number of nitrogens with zero attached hydrogens (tertiary/aromatic N) is 1. The standard InChI is InChI=1S/C20H20N2O4S/c1-4-25-15-8-6-5-7-14(15)9-10-17(23)26-11-16-21-19(24)18-12(2)13(3)27-20(18)22-16/h5-10H,4,11H2,1-3H3,(H,21,22,24)/b10-9+. The lowest BCUT2D eigenvalue weighted by Gasteiger charge is -2.06. The number of hydrogen-bond acceptors (Lipinski definition) is 6. The third-order valence-corrected chi connectivity index (χ3v) is 5.16. The van der Waals surface area contributed by atoms with Crippen molar-refractivity contribution in [3.8, 4) is 5.75 Å². The van der Waals surface area contributed by atoms with Gasteiger partial charge in [-0.25, -0.2) is 9.78 Å². The molecule has 0 saturated heterocycles. The second-order valence-corrected chi connectivity index (χ2v) is 7.09. The number of carbonyl (C=O) groups excluding carboxylic acids is 1. The van der Waals surface area contributed by atoms with Crippen LogP contribution in [0.5, 0.6) is 5.75 Å². The van der Waals surface area contributed by atoms with Crippen LogP contribution in [0.3, 0.4) is 0 Å². The number of aryl methyl sites for hydroxylation is 2. The first-order chi connectivity index (χ1) is 13.0. The molecular formula is C20H20N2O4S. The summed E-state index contributed by atoms with van der Waals surface area (Å²) in [5.41, 5.74) is 1.51. The van der Waals surface area contributed by atoms with Crippen molar-refractivity contribution >= 4 is 33.6 Å². The van der Waals surface area contributed by atoms with E-state index in [1.807, 2.05) is 45.0 Å².